The Balaban J connectivity index is 1.30. The second kappa shape index (κ2) is 7.97. The molecule has 1 aromatic carbocycles. The summed E-state index contributed by atoms with van der Waals surface area (Å²) in [6, 6.07) is 8.97. The van der Waals surface area contributed by atoms with E-state index in [9.17, 15) is 4.79 Å². The van der Waals surface area contributed by atoms with Gasteiger partial charge in [0.2, 0.25) is 0 Å². The van der Waals surface area contributed by atoms with Crippen molar-refractivity contribution < 1.29 is 4.79 Å². The van der Waals surface area contributed by atoms with Crippen LogP contribution in [0.15, 0.2) is 24.3 Å². The predicted molar refractivity (Wildman–Crippen MR) is 106 cm³/mol. The lowest BCUT2D eigenvalue weighted by Gasteiger charge is -2.42. The average Bonchev–Trinajstić information content (AvgIpc) is 3.23. The molecule has 1 amide bonds. The maximum Gasteiger partial charge on any atom is 0.253 e. The van der Waals surface area contributed by atoms with Crippen molar-refractivity contribution in [1.82, 2.24) is 14.7 Å². The van der Waals surface area contributed by atoms with E-state index in [2.05, 4.69) is 33.9 Å². The molecule has 3 aliphatic heterocycles. The lowest BCUT2D eigenvalue weighted by molar-refractivity contribution is 0.0475. The Morgan fingerprint density at radius 1 is 0.846 bits per heavy atom. The fourth-order valence-corrected chi connectivity index (χ4v) is 4.62. The number of hydrogen-bond acceptors (Lipinski definition) is 4. The van der Waals surface area contributed by atoms with Crippen LogP contribution in [0.3, 0.4) is 0 Å². The van der Waals surface area contributed by atoms with Gasteiger partial charge >= 0.3 is 0 Å². The lowest BCUT2D eigenvalue weighted by atomic mass is 10.0. The van der Waals surface area contributed by atoms with Crippen molar-refractivity contribution in [2.75, 3.05) is 64.3 Å². The van der Waals surface area contributed by atoms with Crippen LogP contribution in [-0.4, -0.2) is 86.1 Å². The van der Waals surface area contributed by atoms with E-state index >= 15 is 0 Å². The summed E-state index contributed by atoms with van der Waals surface area (Å²) in [5.74, 6) is 0.195. The Morgan fingerprint density at radius 3 is 2.08 bits per heavy atom. The number of likely N-dealkylation sites (tertiary alicyclic amines) is 1. The molecule has 3 fully saturated rings. The Hall–Kier alpha value is -1.59. The van der Waals surface area contributed by atoms with Crippen LogP contribution in [0, 0.1) is 0 Å². The number of carbonyl (C=O) groups excluding carboxylic acids is 1. The van der Waals surface area contributed by atoms with Crippen molar-refractivity contribution in [3.63, 3.8) is 0 Å². The molecule has 0 aliphatic carbocycles. The van der Waals surface area contributed by atoms with Crippen LogP contribution in [0.2, 0.25) is 0 Å². The number of piperidine rings is 1. The molecule has 26 heavy (non-hydrogen) atoms. The molecule has 0 saturated carbocycles. The molecular formula is C21H32N4O. The normalized spacial score (nSPS) is 23.6. The van der Waals surface area contributed by atoms with Gasteiger partial charge in [-0.25, -0.2) is 0 Å². The van der Waals surface area contributed by atoms with Crippen LogP contribution in [0.4, 0.5) is 5.69 Å². The fraction of sp³-hybridized carbons (Fsp3) is 0.667. The molecule has 4 rings (SSSR count). The first kappa shape index (κ1) is 17.8. The Morgan fingerprint density at radius 2 is 1.46 bits per heavy atom. The Labute approximate surface area is 157 Å². The zero-order chi connectivity index (χ0) is 17.9. The number of piperazine rings is 1. The first-order valence-electron chi connectivity index (χ1n) is 10.3. The number of hydrogen-bond donors (Lipinski definition) is 0. The van der Waals surface area contributed by atoms with Gasteiger partial charge < -0.3 is 14.7 Å². The summed E-state index contributed by atoms with van der Waals surface area (Å²) in [7, 11) is 2.21. The highest BCUT2D eigenvalue weighted by Gasteiger charge is 2.28. The summed E-state index contributed by atoms with van der Waals surface area (Å²) in [6.45, 7) is 8.45. The summed E-state index contributed by atoms with van der Waals surface area (Å²) in [6.07, 6.45) is 5.09. The van der Waals surface area contributed by atoms with Crippen molar-refractivity contribution in [1.29, 1.82) is 0 Å². The van der Waals surface area contributed by atoms with Gasteiger partial charge in [0, 0.05) is 56.6 Å². The van der Waals surface area contributed by atoms with Gasteiger partial charge in [-0.2, -0.15) is 0 Å². The van der Waals surface area contributed by atoms with Crippen molar-refractivity contribution in [3.05, 3.63) is 29.8 Å². The van der Waals surface area contributed by atoms with Gasteiger partial charge in [-0.1, -0.05) is 0 Å². The summed E-state index contributed by atoms with van der Waals surface area (Å²) in [5, 5.41) is 0. The second-order valence-corrected chi connectivity index (χ2v) is 8.10. The standard InChI is InChI=1S/C21H32N4O/c1-22-12-8-20(9-13-22)24-14-16-25(17-15-24)21(26)18-4-6-19(7-5-18)23-10-2-3-11-23/h4-7,20H,2-3,8-17H2,1H3. The Bertz CT molecular complexity index is 595. The minimum atomic E-state index is 0.195. The average molecular weight is 357 g/mol. The number of nitrogens with zero attached hydrogens (tertiary/aromatic N) is 4. The number of amides is 1. The van der Waals surface area contributed by atoms with Crippen molar-refractivity contribution in [2.45, 2.75) is 31.7 Å². The molecule has 0 aromatic heterocycles. The first-order valence-corrected chi connectivity index (χ1v) is 10.3. The van der Waals surface area contributed by atoms with Crippen LogP contribution >= 0.6 is 0 Å². The zero-order valence-electron chi connectivity index (χ0n) is 16.1. The smallest absolute Gasteiger partial charge is 0.253 e. The summed E-state index contributed by atoms with van der Waals surface area (Å²) >= 11 is 0. The summed E-state index contributed by atoms with van der Waals surface area (Å²) in [5.41, 5.74) is 2.09. The SMILES string of the molecule is CN1CCC(N2CCN(C(=O)c3ccc(N4CCCC4)cc3)CC2)CC1. The van der Waals surface area contributed by atoms with Crippen molar-refractivity contribution in [2.24, 2.45) is 0 Å². The van der Waals surface area contributed by atoms with Gasteiger partial charge in [0.15, 0.2) is 0 Å². The quantitative estimate of drug-likeness (QED) is 0.830. The van der Waals surface area contributed by atoms with E-state index in [1.54, 1.807) is 0 Å². The second-order valence-electron chi connectivity index (χ2n) is 8.10. The first-order chi connectivity index (χ1) is 12.7. The minimum absolute atomic E-state index is 0.195. The van der Waals surface area contributed by atoms with Gasteiger partial charge in [-0.15, -0.1) is 0 Å². The van der Waals surface area contributed by atoms with E-state index in [-0.39, 0.29) is 5.91 Å². The summed E-state index contributed by atoms with van der Waals surface area (Å²) < 4.78 is 0. The van der Waals surface area contributed by atoms with E-state index in [1.807, 2.05) is 17.0 Å². The van der Waals surface area contributed by atoms with E-state index in [4.69, 9.17) is 0 Å². The molecule has 5 nitrogen and oxygen atoms in total. The molecule has 0 unspecified atom stereocenters. The highest BCUT2D eigenvalue weighted by atomic mass is 16.2. The monoisotopic (exact) mass is 356 g/mol. The van der Waals surface area contributed by atoms with Crippen molar-refractivity contribution >= 4 is 11.6 Å². The number of rotatable bonds is 3. The third-order valence-electron chi connectivity index (χ3n) is 6.39. The number of anilines is 1. The topological polar surface area (TPSA) is 30.0 Å². The van der Waals surface area contributed by atoms with Gasteiger partial charge in [0.05, 0.1) is 0 Å². The summed E-state index contributed by atoms with van der Waals surface area (Å²) in [4.78, 5) is 22.3. The van der Waals surface area contributed by atoms with Gasteiger partial charge in [0.1, 0.15) is 0 Å². The van der Waals surface area contributed by atoms with Crippen LogP contribution in [0.25, 0.3) is 0 Å². The fourth-order valence-electron chi connectivity index (χ4n) is 4.62. The maximum atomic E-state index is 12.8. The third-order valence-corrected chi connectivity index (χ3v) is 6.39. The molecule has 3 aliphatic rings. The molecule has 142 valence electrons. The van der Waals surface area contributed by atoms with E-state index in [0.29, 0.717) is 6.04 Å². The molecule has 5 heteroatoms. The van der Waals surface area contributed by atoms with Gasteiger partial charge in [0.25, 0.3) is 5.91 Å². The molecular weight excluding hydrogens is 324 g/mol. The van der Waals surface area contributed by atoms with Crippen LogP contribution in [0.5, 0.6) is 0 Å². The molecule has 1 aromatic rings. The Kier molecular flexibility index (Phi) is 5.46. The number of benzene rings is 1. The molecule has 0 bridgehead atoms. The van der Waals surface area contributed by atoms with Gasteiger partial charge in [-0.3, -0.25) is 9.69 Å². The van der Waals surface area contributed by atoms with Crippen LogP contribution in [-0.2, 0) is 0 Å². The predicted octanol–water partition coefficient (Wildman–Crippen LogP) is 2.14. The van der Waals surface area contributed by atoms with Crippen LogP contribution < -0.4 is 4.90 Å². The lowest BCUT2D eigenvalue weighted by Crippen LogP contribution is -2.54. The maximum absolute atomic E-state index is 12.8. The van der Waals surface area contributed by atoms with Crippen LogP contribution in [0.1, 0.15) is 36.0 Å². The molecule has 0 spiro atoms. The number of carbonyl (C=O) groups is 1. The zero-order valence-corrected chi connectivity index (χ0v) is 16.1. The highest BCUT2D eigenvalue weighted by molar-refractivity contribution is 5.94. The molecule has 3 heterocycles. The third kappa shape index (κ3) is 3.89. The largest absolute Gasteiger partial charge is 0.372 e. The van der Waals surface area contributed by atoms with E-state index in [0.717, 1.165) is 44.8 Å². The van der Waals surface area contributed by atoms with Gasteiger partial charge in [-0.05, 0) is 70.1 Å². The molecule has 3 saturated heterocycles. The molecule has 0 N–H and O–H groups in total. The molecule has 0 radical (unpaired) electrons. The highest BCUT2D eigenvalue weighted by Crippen LogP contribution is 2.22. The van der Waals surface area contributed by atoms with E-state index in [1.165, 1.54) is 44.5 Å². The molecule has 0 atom stereocenters. The minimum Gasteiger partial charge on any atom is -0.372 e. The van der Waals surface area contributed by atoms with E-state index < -0.39 is 0 Å². The van der Waals surface area contributed by atoms with Crippen molar-refractivity contribution in [3.8, 4) is 0 Å².